The molecule has 1 fully saturated rings. The summed E-state index contributed by atoms with van der Waals surface area (Å²) in [6.07, 6.45) is 10.8. The first-order chi connectivity index (χ1) is 8.65. The van der Waals surface area contributed by atoms with Gasteiger partial charge in [0.1, 0.15) is 5.54 Å². The van der Waals surface area contributed by atoms with Gasteiger partial charge in [0, 0.05) is 5.92 Å². The van der Waals surface area contributed by atoms with Gasteiger partial charge in [0.2, 0.25) is 5.91 Å². The molecule has 0 spiro atoms. The fourth-order valence-corrected chi connectivity index (χ4v) is 3.16. The van der Waals surface area contributed by atoms with Gasteiger partial charge in [-0.25, -0.2) is 0 Å². The van der Waals surface area contributed by atoms with Crippen LogP contribution in [0.25, 0.3) is 0 Å². The second-order valence-electron chi connectivity index (χ2n) is 5.87. The van der Waals surface area contributed by atoms with Crippen LogP contribution in [0.5, 0.6) is 0 Å². The van der Waals surface area contributed by atoms with E-state index in [1.54, 1.807) is 0 Å². The first-order valence-corrected chi connectivity index (χ1v) is 7.03. The fourth-order valence-electron chi connectivity index (χ4n) is 3.16. The van der Waals surface area contributed by atoms with Gasteiger partial charge in [-0.05, 0) is 44.4 Å². The highest BCUT2D eigenvalue weighted by atomic mass is 16.2. The van der Waals surface area contributed by atoms with E-state index >= 15 is 0 Å². The molecule has 1 saturated carbocycles. The van der Waals surface area contributed by atoms with Crippen LogP contribution < -0.4 is 5.32 Å². The predicted molar refractivity (Wildman–Crippen MR) is 70.6 cm³/mol. The second kappa shape index (κ2) is 5.56. The van der Waals surface area contributed by atoms with E-state index in [1.165, 1.54) is 6.42 Å². The summed E-state index contributed by atoms with van der Waals surface area (Å²) in [5.41, 5.74) is -0.601. The number of carbonyl (C=O) groups excluding carboxylic acids is 1. The molecule has 2 rings (SSSR count). The molecule has 0 saturated heterocycles. The maximum Gasteiger partial charge on any atom is 0.224 e. The molecule has 1 amide bonds. The molecule has 1 N–H and O–H groups in total. The molecule has 0 heterocycles. The molecule has 18 heavy (non-hydrogen) atoms. The van der Waals surface area contributed by atoms with Gasteiger partial charge in [0.05, 0.1) is 6.07 Å². The van der Waals surface area contributed by atoms with Crippen LogP contribution in [0.1, 0.15) is 51.9 Å². The average molecular weight is 246 g/mol. The zero-order chi connectivity index (χ0) is 13.0. The molecule has 0 aromatic carbocycles. The van der Waals surface area contributed by atoms with Crippen molar-refractivity contribution in [1.82, 2.24) is 5.32 Å². The van der Waals surface area contributed by atoms with Crippen LogP contribution in [0.3, 0.4) is 0 Å². The van der Waals surface area contributed by atoms with E-state index in [4.69, 9.17) is 0 Å². The summed E-state index contributed by atoms with van der Waals surface area (Å²) < 4.78 is 0. The fraction of sp³-hybridized carbons (Fsp3) is 0.733. The van der Waals surface area contributed by atoms with E-state index in [2.05, 4.69) is 30.5 Å². The van der Waals surface area contributed by atoms with Gasteiger partial charge in [-0.2, -0.15) is 5.26 Å². The standard InChI is InChI=1S/C15H22N2O/c1-12-6-5-9-15(10-12,11-16)17-14(18)13-7-3-2-4-8-13/h2-3,12-13H,4-10H2,1H3,(H,17,18). The number of carbonyl (C=O) groups is 1. The number of hydrogen-bond acceptors (Lipinski definition) is 2. The van der Waals surface area contributed by atoms with Crippen molar-refractivity contribution in [3.8, 4) is 6.07 Å². The first-order valence-electron chi connectivity index (χ1n) is 7.03. The van der Waals surface area contributed by atoms with Crippen LogP contribution in [0.2, 0.25) is 0 Å². The van der Waals surface area contributed by atoms with Crippen molar-refractivity contribution in [2.75, 3.05) is 0 Å². The number of hydrogen-bond donors (Lipinski definition) is 1. The largest absolute Gasteiger partial charge is 0.338 e. The van der Waals surface area contributed by atoms with Crippen molar-refractivity contribution in [3.63, 3.8) is 0 Å². The van der Waals surface area contributed by atoms with Gasteiger partial charge in [-0.1, -0.05) is 25.5 Å². The van der Waals surface area contributed by atoms with Crippen LogP contribution in [0, 0.1) is 23.2 Å². The maximum absolute atomic E-state index is 12.2. The summed E-state index contributed by atoms with van der Waals surface area (Å²) in [6, 6.07) is 2.37. The van der Waals surface area contributed by atoms with Crippen LogP contribution in [-0.4, -0.2) is 11.4 Å². The zero-order valence-electron chi connectivity index (χ0n) is 11.1. The third-order valence-electron chi connectivity index (χ3n) is 4.21. The Hall–Kier alpha value is -1.30. The normalized spacial score (nSPS) is 35.8. The Kier molecular flexibility index (Phi) is 4.06. The number of amides is 1. The van der Waals surface area contributed by atoms with Crippen molar-refractivity contribution >= 4 is 5.91 Å². The molecule has 0 aromatic rings. The molecule has 0 aliphatic heterocycles. The summed E-state index contributed by atoms with van der Waals surface area (Å²) in [6.45, 7) is 2.17. The molecule has 2 aliphatic carbocycles. The van der Waals surface area contributed by atoms with Crippen molar-refractivity contribution < 1.29 is 4.79 Å². The van der Waals surface area contributed by atoms with E-state index in [0.29, 0.717) is 5.92 Å². The number of nitrogens with zero attached hydrogens (tertiary/aromatic N) is 1. The first kappa shape index (κ1) is 13.1. The minimum absolute atomic E-state index is 0.0671. The van der Waals surface area contributed by atoms with E-state index in [9.17, 15) is 10.1 Å². The Morgan fingerprint density at radius 2 is 2.28 bits per heavy atom. The lowest BCUT2D eigenvalue weighted by Crippen LogP contribution is -2.52. The number of nitrogens with one attached hydrogen (secondary N) is 1. The van der Waals surface area contributed by atoms with Crippen molar-refractivity contribution in [2.24, 2.45) is 11.8 Å². The minimum Gasteiger partial charge on any atom is -0.338 e. The van der Waals surface area contributed by atoms with E-state index in [0.717, 1.165) is 38.5 Å². The SMILES string of the molecule is CC1CCCC(C#N)(NC(=O)C2CC=CCC2)C1. The second-order valence-corrected chi connectivity index (χ2v) is 5.87. The van der Waals surface area contributed by atoms with E-state index in [-0.39, 0.29) is 11.8 Å². The van der Waals surface area contributed by atoms with E-state index < -0.39 is 5.54 Å². The Balaban J connectivity index is 1.99. The molecule has 3 heteroatoms. The number of rotatable bonds is 2. The zero-order valence-corrected chi connectivity index (χ0v) is 11.1. The highest BCUT2D eigenvalue weighted by Crippen LogP contribution is 2.32. The van der Waals surface area contributed by atoms with Gasteiger partial charge in [0.15, 0.2) is 0 Å². The summed E-state index contributed by atoms with van der Waals surface area (Å²) in [5, 5.41) is 12.5. The van der Waals surface area contributed by atoms with Gasteiger partial charge in [0.25, 0.3) is 0 Å². The summed E-state index contributed by atoms with van der Waals surface area (Å²) in [7, 11) is 0. The monoisotopic (exact) mass is 246 g/mol. The lowest BCUT2D eigenvalue weighted by molar-refractivity contribution is -0.127. The van der Waals surface area contributed by atoms with Crippen molar-refractivity contribution in [1.29, 1.82) is 5.26 Å². The lowest BCUT2D eigenvalue weighted by atomic mass is 9.77. The van der Waals surface area contributed by atoms with Crippen LogP contribution in [-0.2, 0) is 4.79 Å². The predicted octanol–water partition coefficient (Wildman–Crippen LogP) is 2.93. The Bertz CT molecular complexity index is 382. The van der Waals surface area contributed by atoms with Gasteiger partial charge in [-0.15, -0.1) is 0 Å². The minimum atomic E-state index is -0.601. The topological polar surface area (TPSA) is 52.9 Å². The molecule has 0 radical (unpaired) electrons. The number of nitriles is 1. The van der Waals surface area contributed by atoms with Crippen LogP contribution >= 0.6 is 0 Å². The van der Waals surface area contributed by atoms with E-state index in [1.807, 2.05) is 0 Å². The van der Waals surface area contributed by atoms with Crippen molar-refractivity contribution in [3.05, 3.63) is 12.2 Å². The van der Waals surface area contributed by atoms with Crippen LogP contribution in [0.15, 0.2) is 12.2 Å². The summed E-state index contributed by atoms with van der Waals surface area (Å²) >= 11 is 0. The molecule has 3 nitrogen and oxygen atoms in total. The lowest BCUT2D eigenvalue weighted by Gasteiger charge is -2.36. The molecular formula is C15H22N2O. The smallest absolute Gasteiger partial charge is 0.224 e. The van der Waals surface area contributed by atoms with Gasteiger partial charge < -0.3 is 5.32 Å². The summed E-state index contributed by atoms with van der Waals surface area (Å²) in [5.74, 6) is 0.678. The molecular weight excluding hydrogens is 224 g/mol. The molecule has 0 bridgehead atoms. The van der Waals surface area contributed by atoms with Gasteiger partial charge in [-0.3, -0.25) is 4.79 Å². The Morgan fingerprint density at radius 1 is 1.44 bits per heavy atom. The Morgan fingerprint density at radius 3 is 2.89 bits per heavy atom. The van der Waals surface area contributed by atoms with Crippen LogP contribution in [0.4, 0.5) is 0 Å². The van der Waals surface area contributed by atoms with Gasteiger partial charge >= 0.3 is 0 Å². The molecule has 3 unspecified atom stereocenters. The third-order valence-corrected chi connectivity index (χ3v) is 4.21. The number of allylic oxidation sites excluding steroid dienone is 2. The molecule has 0 aromatic heterocycles. The quantitative estimate of drug-likeness (QED) is 0.762. The maximum atomic E-state index is 12.2. The molecule has 2 aliphatic rings. The Labute approximate surface area is 109 Å². The summed E-state index contributed by atoms with van der Waals surface area (Å²) in [4.78, 5) is 12.2. The van der Waals surface area contributed by atoms with Crippen molar-refractivity contribution in [2.45, 2.75) is 57.4 Å². The average Bonchev–Trinajstić information content (AvgIpc) is 2.39. The highest BCUT2D eigenvalue weighted by molar-refractivity contribution is 5.80. The third kappa shape index (κ3) is 2.93. The molecule has 3 atom stereocenters. The molecule has 98 valence electrons. The highest BCUT2D eigenvalue weighted by Gasteiger charge is 2.37.